The molecule has 1 aromatic heterocycles. The number of hydrogen-bond acceptors (Lipinski definition) is 3. The zero-order valence-corrected chi connectivity index (χ0v) is 14.1. The van der Waals surface area contributed by atoms with Gasteiger partial charge in [0.15, 0.2) is 14.9 Å². The van der Waals surface area contributed by atoms with Crippen LogP contribution in [-0.4, -0.2) is 24.2 Å². The Labute approximate surface area is 146 Å². The smallest absolute Gasteiger partial charge is 0.287 e. The van der Waals surface area contributed by atoms with Gasteiger partial charge in [-0.3, -0.25) is 4.57 Å². The zero-order valence-electron chi connectivity index (χ0n) is 13.3. The van der Waals surface area contributed by atoms with E-state index in [0.717, 1.165) is 23.0 Å². The first-order valence-corrected chi connectivity index (χ1v) is 9.19. The number of hydrogen-bond donors (Lipinski definition) is 0. The molecule has 4 nitrogen and oxygen atoms in total. The predicted octanol–water partition coefficient (Wildman–Crippen LogP) is 4.10. The molecule has 0 radical (unpaired) electrons. The van der Waals surface area contributed by atoms with Crippen LogP contribution in [0.25, 0.3) is 16.9 Å². The van der Waals surface area contributed by atoms with Gasteiger partial charge < -0.3 is 0 Å². The summed E-state index contributed by atoms with van der Waals surface area (Å²) >= 11 is 0. The lowest BCUT2D eigenvalue weighted by atomic mass is 10.1. The molecule has 0 saturated heterocycles. The first kappa shape index (κ1) is 18.1. The van der Waals surface area contributed by atoms with E-state index in [9.17, 15) is 26.0 Å². The average molecular weight is 384 g/mol. The Morgan fingerprint density at radius 2 is 1.54 bits per heavy atom. The summed E-state index contributed by atoms with van der Waals surface area (Å²) in [6, 6.07) is 11.9. The quantitative estimate of drug-likeness (QED) is 0.639. The highest BCUT2D eigenvalue weighted by atomic mass is 32.2. The number of alkyl halides is 3. The highest BCUT2D eigenvalue weighted by Gasteiger charge is 2.41. The molecule has 0 aliphatic heterocycles. The Morgan fingerprint density at radius 3 is 2.04 bits per heavy atom. The highest BCUT2D eigenvalue weighted by molar-refractivity contribution is 7.90. The second kappa shape index (κ2) is 6.24. The van der Waals surface area contributed by atoms with Gasteiger partial charge >= 0.3 is 6.18 Å². The Balaban J connectivity index is 2.46. The first-order chi connectivity index (χ1) is 12.1. The summed E-state index contributed by atoms with van der Waals surface area (Å²) in [7, 11) is -4.09. The van der Waals surface area contributed by atoms with Crippen LogP contribution in [0.2, 0.25) is 0 Å². The lowest BCUT2D eigenvalue weighted by Gasteiger charge is -2.14. The summed E-state index contributed by atoms with van der Waals surface area (Å²) in [6.07, 6.45) is -4.12. The third-order valence-electron chi connectivity index (χ3n) is 3.58. The van der Waals surface area contributed by atoms with Gasteiger partial charge in [-0.25, -0.2) is 17.8 Å². The fourth-order valence-corrected chi connectivity index (χ4v) is 3.35. The number of aromatic nitrogens is 2. The van der Waals surface area contributed by atoms with Crippen molar-refractivity contribution in [2.75, 3.05) is 6.26 Å². The number of halogens is 4. The van der Waals surface area contributed by atoms with E-state index in [1.54, 1.807) is 6.07 Å². The van der Waals surface area contributed by atoms with Crippen molar-refractivity contribution >= 4 is 9.84 Å². The number of imidazole rings is 1. The lowest BCUT2D eigenvalue weighted by Crippen LogP contribution is -2.14. The molecular formula is C17H12F4N2O2S. The molecule has 0 atom stereocenters. The maximum Gasteiger partial charge on any atom is 0.450 e. The molecule has 0 unspecified atom stereocenters. The minimum Gasteiger partial charge on any atom is -0.287 e. The maximum absolute atomic E-state index is 13.6. The van der Waals surface area contributed by atoms with E-state index in [4.69, 9.17) is 0 Å². The van der Waals surface area contributed by atoms with E-state index < -0.39 is 32.7 Å². The largest absolute Gasteiger partial charge is 0.450 e. The molecule has 0 N–H and O–H groups in total. The Morgan fingerprint density at radius 1 is 0.962 bits per heavy atom. The molecule has 136 valence electrons. The molecule has 0 aliphatic carbocycles. The van der Waals surface area contributed by atoms with E-state index in [1.807, 2.05) is 0 Å². The summed E-state index contributed by atoms with van der Waals surface area (Å²) in [5.41, 5.74) is -0.0914. The molecule has 1 heterocycles. The van der Waals surface area contributed by atoms with Crippen molar-refractivity contribution in [3.63, 3.8) is 0 Å². The molecule has 0 bridgehead atoms. The van der Waals surface area contributed by atoms with E-state index >= 15 is 0 Å². The standard InChI is InChI=1S/C17H12F4N2O2S/c1-26(24,25)15-14(11-7-9-12(18)10-8-11)23(13-5-3-2-4-6-13)16(22-15)17(19,20)21/h2-10H,1H3. The van der Waals surface area contributed by atoms with Gasteiger partial charge in [-0.15, -0.1) is 0 Å². The molecule has 0 aliphatic rings. The van der Waals surface area contributed by atoms with Crippen molar-refractivity contribution in [2.45, 2.75) is 11.2 Å². The van der Waals surface area contributed by atoms with Gasteiger partial charge in [-0.05, 0) is 36.4 Å². The van der Waals surface area contributed by atoms with Crippen LogP contribution in [0.1, 0.15) is 5.82 Å². The van der Waals surface area contributed by atoms with Crippen LogP contribution in [0.15, 0.2) is 59.6 Å². The lowest BCUT2D eigenvalue weighted by molar-refractivity contribution is -0.146. The fraction of sp³-hybridized carbons (Fsp3) is 0.118. The number of nitrogens with zero attached hydrogens (tertiary/aromatic N) is 2. The summed E-state index contributed by atoms with van der Waals surface area (Å²) in [5, 5.41) is -0.722. The summed E-state index contributed by atoms with van der Waals surface area (Å²) < 4.78 is 78.8. The second-order valence-electron chi connectivity index (χ2n) is 5.54. The summed E-state index contributed by atoms with van der Waals surface area (Å²) in [4.78, 5) is 3.38. The predicted molar refractivity (Wildman–Crippen MR) is 87.1 cm³/mol. The molecule has 2 aromatic carbocycles. The molecule has 0 amide bonds. The molecule has 0 spiro atoms. The average Bonchev–Trinajstić information content (AvgIpc) is 2.97. The van der Waals surface area contributed by atoms with Crippen LogP contribution in [0.4, 0.5) is 17.6 Å². The van der Waals surface area contributed by atoms with Crippen LogP contribution in [0.5, 0.6) is 0 Å². The third-order valence-corrected chi connectivity index (χ3v) is 4.57. The third kappa shape index (κ3) is 3.34. The molecule has 0 fully saturated rings. The molecular weight excluding hydrogens is 372 g/mol. The normalized spacial score (nSPS) is 12.3. The van der Waals surface area contributed by atoms with Crippen LogP contribution in [-0.2, 0) is 16.0 Å². The highest BCUT2D eigenvalue weighted by Crippen LogP contribution is 2.38. The van der Waals surface area contributed by atoms with E-state index in [1.165, 1.54) is 36.4 Å². The van der Waals surface area contributed by atoms with Crippen molar-refractivity contribution in [3.8, 4) is 16.9 Å². The monoisotopic (exact) mass is 384 g/mol. The van der Waals surface area contributed by atoms with Crippen LogP contribution >= 0.6 is 0 Å². The van der Waals surface area contributed by atoms with Crippen molar-refractivity contribution in [3.05, 3.63) is 66.2 Å². The van der Waals surface area contributed by atoms with Gasteiger partial charge in [0.05, 0.1) is 5.69 Å². The number of benzene rings is 2. The number of rotatable bonds is 3. The minimum absolute atomic E-state index is 0.0848. The maximum atomic E-state index is 13.6. The molecule has 3 rings (SSSR count). The van der Waals surface area contributed by atoms with Crippen LogP contribution in [0, 0.1) is 5.82 Å². The molecule has 3 aromatic rings. The fourth-order valence-electron chi connectivity index (χ4n) is 2.54. The van der Waals surface area contributed by atoms with Gasteiger partial charge in [-0.2, -0.15) is 13.2 Å². The van der Waals surface area contributed by atoms with E-state index in [-0.39, 0.29) is 16.9 Å². The second-order valence-corrected chi connectivity index (χ2v) is 7.47. The van der Waals surface area contributed by atoms with Crippen molar-refractivity contribution < 1.29 is 26.0 Å². The summed E-state index contributed by atoms with van der Waals surface area (Å²) in [6.45, 7) is 0. The van der Waals surface area contributed by atoms with E-state index in [2.05, 4.69) is 4.98 Å². The Hall–Kier alpha value is -2.68. The molecule has 9 heteroatoms. The van der Waals surface area contributed by atoms with Gasteiger partial charge in [0.25, 0.3) is 0 Å². The van der Waals surface area contributed by atoms with Crippen LogP contribution < -0.4 is 0 Å². The van der Waals surface area contributed by atoms with E-state index in [0.29, 0.717) is 0 Å². The SMILES string of the molecule is CS(=O)(=O)c1nc(C(F)(F)F)n(-c2ccccc2)c1-c1ccc(F)cc1. The molecule has 26 heavy (non-hydrogen) atoms. The van der Waals surface area contributed by atoms with Crippen LogP contribution in [0.3, 0.4) is 0 Å². The first-order valence-electron chi connectivity index (χ1n) is 7.30. The molecule has 0 saturated carbocycles. The van der Waals surface area contributed by atoms with Crippen molar-refractivity contribution in [1.82, 2.24) is 9.55 Å². The number of sulfone groups is 1. The van der Waals surface area contributed by atoms with Crippen molar-refractivity contribution in [1.29, 1.82) is 0 Å². The number of para-hydroxylation sites is 1. The Kier molecular flexibility index (Phi) is 4.35. The zero-order chi connectivity index (χ0) is 19.1. The van der Waals surface area contributed by atoms with Gasteiger partial charge in [-0.1, -0.05) is 18.2 Å². The van der Waals surface area contributed by atoms with Gasteiger partial charge in [0.2, 0.25) is 5.82 Å². The minimum atomic E-state index is -4.90. The van der Waals surface area contributed by atoms with Crippen molar-refractivity contribution in [2.24, 2.45) is 0 Å². The van der Waals surface area contributed by atoms with Gasteiger partial charge in [0, 0.05) is 17.5 Å². The topological polar surface area (TPSA) is 52.0 Å². The Bertz CT molecular complexity index is 1040. The summed E-state index contributed by atoms with van der Waals surface area (Å²) in [5.74, 6) is -1.97. The van der Waals surface area contributed by atoms with Gasteiger partial charge in [0.1, 0.15) is 5.82 Å².